The average molecular weight is 481 g/mol. The van der Waals surface area contributed by atoms with Crippen molar-refractivity contribution in [3.8, 4) is 23.8 Å². The lowest BCUT2D eigenvalue weighted by Crippen LogP contribution is -2.50. The van der Waals surface area contributed by atoms with Crippen LogP contribution in [0.4, 0.5) is 5.69 Å². The van der Waals surface area contributed by atoms with Crippen LogP contribution in [0.5, 0.6) is 11.5 Å². The van der Waals surface area contributed by atoms with Gasteiger partial charge in [-0.2, -0.15) is 0 Å². The summed E-state index contributed by atoms with van der Waals surface area (Å²) < 4.78 is 29.0. The Kier molecular flexibility index (Phi) is 9.27. The fraction of sp³-hybridized carbons (Fsp3) is 0.500. The zero-order valence-corrected chi connectivity index (χ0v) is 20.7. The van der Waals surface area contributed by atoms with Crippen molar-refractivity contribution < 1.29 is 23.7 Å². The zero-order chi connectivity index (χ0) is 24.5. The van der Waals surface area contributed by atoms with Gasteiger partial charge in [0.2, 0.25) is 0 Å². The van der Waals surface area contributed by atoms with E-state index in [0.717, 1.165) is 67.5 Å². The number of rotatable bonds is 11. The number of terminal acetylenes is 1. The Labute approximate surface area is 208 Å². The van der Waals surface area contributed by atoms with E-state index in [2.05, 4.69) is 46.5 Å². The monoisotopic (exact) mass is 480 g/mol. The minimum Gasteiger partial charge on any atom is -0.497 e. The molecule has 188 valence electrons. The summed E-state index contributed by atoms with van der Waals surface area (Å²) in [6.07, 6.45) is 6.31. The molecule has 0 bridgehead atoms. The molecule has 0 radical (unpaired) electrons. The van der Waals surface area contributed by atoms with Gasteiger partial charge in [0.15, 0.2) is 0 Å². The molecule has 1 fully saturated rings. The number of fused-ring (bicyclic) bond motifs is 1. The molecule has 2 aliphatic rings. The number of ether oxygens (including phenoxy) is 5. The molecule has 4 rings (SSSR count). The lowest BCUT2D eigenvalue weighted by atomic mass is 9.85. The van der Waals surface area contributed by atoms with Gasteiger partial charge in [-0.1, -0.05) is 24.1 Å². The summed E-state index contributed by atoms with van der Waals surface area (Å²) in [6.45, 7) is 5.51. The first-order valence-electron chi connectivity index (χ1n) is 12.2. The van der Waals surface area contributed by atoms with Gasteiger partial charge in [-0.3, -0.25) is 0 Å². The summed E-state index contributed by atoms with van der Waals surface area (Å²) in [5.41, 5.74) is 3.39. The minimum atomic E-state index is -0.0774. The van der Waals surface area contributed by atoms with Gasteiger partial charge in [0, 0.05) is 39.3 Å². The van der Waals surface area contributed by atoms with Crippen molar-refractivity contribution in [2.75, 3.05) is 65.1 Å². The van der Waals surface area contributed by atoms with E-state index in [1.165, 1.54) is 0 Å². The standard InChI is InChI=1S/C28H36N2O5/c1-4-14-33-26-18-29-19-27(28(26)22-7-9-23(32-3)10-8-22)35-20-21-6-11-25-24(17-21)30(13-16-34-25)12-5-15-31-2/h1,6-11,17,26-29H,5,12-16,18-20H2,2-3H3/t26-,27+,28+/m1/s1. The van der Waals surface area contributed by atoms with Crippen LogP contribution in [0.25, 0.3) is 0 Å². The van der Waals surface area contributed by atoms with Crippen LogP contribution in [0.2, 0.25) is 0 Å². The lowest BCUT2D eigenvalue weighted by Gasteiger charge is -2.38. The largest absolute Gasteiger partial charge is 0.497 e. The fourth-order valence-electron chi connectivity index (χ4n) is 4.84. The molecule has 0 saturated carbocycles. The molecule has 0 aliphatic carbocycles. The van der Waals surface area contributed by atoms with Crippen LogP contribution < -0.4 is 19.7 Å². The summed E-state index contributed by atoms with van der Waals surface area (Å²) in [4.78, 5) is 2.37. The number of methoxy groups -OCH3 is 2. The fourth-order valence-corrected chi connectivity index (χ4v) is 4.84. The number of hydrogen-bond acceptors (Lipinski definition) is 7. The Balaban J connectivity index is 1.48. The molecule has 2 aliphatic heterocycles. The molecule has 1 saturated heterocycles. The first-order valence-corrected chi connectivity index (χ1v) is 12.2. The van der Waals surface area contributed by atoms with Gasteiger partial charge in [-0.25, -0.2) is 0 Å². The number of hydrogen-bond donors (Lipinski definition) is 1. The maximum atomic E-state index is 6.52. The van der Waals surface area contributed by atoms with Crippen LogP contribution in [-0.2, 0) is 20.8 Å². The molecule has 35 heavy (non-hydrogen) atoms. The van der Waals surface area contributed by atoms with Gasteiger partial charge >= 0.3 is 0 Å². The van der Waals surface area contributed by atoms with E-state index in [4.69, 9.17) is 30.1 Å². The van der Waals surface area contributed by atoms with Gasteiger partial charge < -0.3 is 33.9 Å². The van der Waals surface area contributed by atoms with Crippen LogP contribution in [0.1, 0.15) is 23.5 Å². The van der Waals surface area contributed by atoms with Crippen molar-refractivity contribution in [1.29, 1.82) is 0 Å². The lowest BCUT2D eigenvalue weighted by molar-refractivity contribution is -0.0528. The molecular formula is C28H36N2O5. The van der Waals surface area contributed by atoms with E-state index in [9.17, 15) is 0 Å². The topological polar surface area (TPSA) is 61.4 Å². The predicted molar refractivity (Wildman–Crippen MR) is 136 cm³/mol. The highest BCUT2D eigenvalue weighted by Crippen LogP contribution is 2.35. The second-order valence-corrected chi connectivity index (χ2v) is 8.84. The van der Waals surface area contributed by atoms with E-state index >= 15 is 0 Å². The molecule has 2 aromatic carbocycles. The quantitative estimate of drug-likeness (QED) is 0.391. The third-order valence-corrected chi connectivity index (χ3v) is 6.60. The molecular weight excluding hydrogens is 444 g/mol. The first kappa shape index (κ1) is 25.3. The Hall–Kier alpha value is -2.76. The Morgan fingerprint density at radius 3 is 2.63 bits per heavy atom. The van der Waals surface area contributed by atoms with E-state index < -0.39 is 0 Å². The molecule has 3 atom stereocenters. The van der Waals surface area contributed by atoms with Gasteiger partial charge in [0.25, 0.3) is 0 Å². The molecule has 0 unspecified atom stereocenters. The van der Waals surface area contributed by atoms with Crippen molar-refractivity contribution in [3.63, 3.8) is 0 Å². The molecule has 7 heteroatoms. The van der Waals surface area contributed by atoms with Crippen molar-refractivity contribution in [1.82, 2.24) is 5.32 Å². The smallest absolute Gasteiger partial charge is 0.142 e. The van der Waals surface area contributed by atoms with Gasteiger partial charge in [-0.05, 0) is 41.8 Å². The molecule has 0 spiro atoms. The molecule has 1 N–H and O–H groups in total. The van der Waals surface area contributed by atoms with Crippen LogP contribution in [-0.4, -0.2) is 72.4 Å². The van der Waals surface area contributed by atoms with Crippen LogP contribution >= 0.6 is 0 Å². The van der Waals surface area contributed by atoms with Crippen molar-refractivity contribution in [2.24, 2.45) is 0 Å². The normalized spacial score (nSPS) is 21.6. The third-order valence-electron chi connectivity index (χ3n) is 6.60. The number of nitrogens with zero attached hydrogens (tertiary/aromatic N) is 1. The zero-order valence-electron chi connectivity index (χ0n) is 20.7. The maximum Gasteiger partial charge on any atom is 0.142 e. The van der Waals surface area contributed by atoms with E-state index in [1.807, 2.05) is 12.1 Å². The SMILES string of the molecule is C#CCO[C@@H]1CNC[C@H](OCc2ccc3c(c2)N(CCCOC)CCO3)[C@H]1c1ccc(OC)cc1. The summed E-state index contributed by atoms with van der Waals surface area (Å²) in [5.74, 6) is 4.40. The predicted octanol–water partition coefficient (Wildman–Crippen LogP) is 3.22. The van der Waals surface area contributed by atoms with E-state index in [-0.39, 0.29) is 24.7 Å². The molecule has 0 aromatic heterocycles. The van der Waals surface area contributed by atoms with Crippen LogP contribution in [0, 0.1) is 12.3 Å². The van der Waals surface area contributed by atoms with Gasteiger partial charge in [-0.15, -0.1) is 6.42 Å². The van der Waals surface area contributed by atoms with Crippen molar-refractivity contribution >= 4 is 5.69 Å². The number of nitrogens with one attached hydrogen (secondary N) is 1. The first-order chi connectivity index (χ1) is 17.2. The number of anilines is 1. The summed E-state index contributed by atoms with van der Waals surface area (Å²) in [6, 6.07) is 14.5. The molecule has 2 aromatic rings. The summed E-state index contributed by atoms with van der Waals surface area (Å²) in [7, 11) is 3.41. The average Bonchev–Trinajstić information content (AvgIpc) is 2.91. The van der Waals surface area contributed by atoms with Crippen LogP contribution in [0.15, 0.2) is 42.5 Å². The highest BCUT2D eigenvalue weighted by molar-refractivity contribution is 5.61. The van der Waals surface area contributed by atoms with Gasteiger partial charge in [0.1, 0.15) is 24.7 Å². The second-order valence-electron chi connectivity index (χ2n) is 8.84. The third kappa shape index (κ3) is 6.47. The highest BCUT2D eigenvalue weighted by Gasteiger charge is 2.36. The molecule has 7 nitrogen and oxygen atoms in total. The van der Waals surface area contributed by atoms with Crippen molar-refractivity contribution in [2.45, 2.75) is 31.2 Å². The number of piperidine rings is 1. The minimum absolute atomic E-state index is 0.0574. The van der Waals surface area contributed by atoms with Crippen LogP contribution in [0.3, 0.4) is 0 Å². The van der Waals surface area contributed by atoms with E-state index in [0.29, 0.717) is 13.2 Å². The summed E-state index contributed by atoms with van der Waals surface area (Å²) >= 11 is 0. The second kappa shape index (κ2) is 12.8. The maximum absolute atomic E-state index is 6.52. The Bertz CT molecular complexity index is 974. The van der Waals surface area contributed by atoms with E-state index in [1.54, 1.807) is 14.2 Å². The molecule has 2 heterocycles. The Morgan fingerprint density at radius 1 is 1.09 bits per heavy atom. The summed E-state index contributed by atoms with van der Waals surface area (Å²) in [5, 5.41) is 3.45. The van der Waals surface area contributed by atoms with Crippen molar-refractivity contribution in [3.05, 3.63) is 53.6 Å². The highest BCUT2D eigenvalue weighted by atomic mass is 16.5. The Morgan fingerprint density at radius 2 is 1.89 bits per heavy atom. The van der Waals surface area contributed by atoms with Gasteiger partial charge in [0.05, 0.1) is 38.2 Å². The number of benzene rings is 2. The molecule has 0 amide bonds.